The minimum atomic E-state index is -4.05. The molecule has 0 bridgehead atoms. The first-order valence-corrected chi connectivity index (χ1v) is 9.54. The van der Waals surface area contributed by atoms with Crippen molar-refractivity contribution < 1.29 is 16.8 Å². The molecule has 0 aliphatic rings. The largest absolute Gasteiger partial charge is 0.229 e. The van der Waals surface area contributed by atoms with Gasteiger partial charge in [0.2, 0.25) is 10.0 Å². The second kappa shape index (κ2) is 6.46. The number of aryl methyl sites for hydroxylation is 1. The van der Waals surface area contributed by atoms with Gasteiger partial charge in [-0.2, -0.15) is 10.4 Å². The van der Waals surface area contributed by atoms with Gasteiger partial charge < -0.3 is 0 Å². The summed E-state index contributed by atoms with van der Waals surface area (Å²) in [6, 6.07) is 1.83. The number of sulfone groups is 1. The summed E-state index contributed by atoms with van der Waals surface area (Å²) < 4.78 is 46.1. The van der Waals surface area contributed by atoms with Crippen LogP contribution in [0, 0.1) is 11.3 Å². The fraction of sp³-hybridized carbons (Fsp3) is 0.545. The van der Waals surface area contributed by atoms with E-state index in [1.165, 1.54) is 0 Å². The monoisotopic (exact) mass is 332 g/mol. The third-order valence-electron chi connectivity index (χ3n) is 2.86. The summed E-state index contributed by atoms with van der Waals surface area (Å²) in [5, 5.41) is 21.0. The van der Waals surface area contributed by atoms with Crippen molar-refractivity contribution in [3.63, 3.8) is 0 Å². The van der Waals surface area contributed by atoms with Crippen molar-refractivity contribution in [3.05, 3.63) is 16.8 Å². The summed E-state index contributed by atoms with van der Waals surface area (Å²) in [7, 11) is -7.97. The molecule has 116 valence electrons. The quantitative estimate of drug-likeness (QED) is 0.741. The molecule has 2 N–H and O–H groups in total. The van der Waals surface area contributed by atoms with Crippen LogP contribution in [0.4, 0.5) is 0 Å². The number of primary sulfonamides is 1. The Labute approximate surface area is 124 Å². The SMILES string of the molecule is CCc1nnc(S(=O)(=O)CCS(N)(=O)=O)c(C#N)c1CC. The molecule has 10 heteroatoms. The van der Waals surface area contributed by atoms with Crippen molar-refractivity contribution in [2.24, 2.45) is 5.14 Å². The highest BCUT2D eigenvalue weighted by molar-refractivity contribution is 7.94. The lowest BCUT2D eigenvalue weighted by Gasteiger charge is -2.10. The second-order valence-corrected chi connectivity index (χ2v) is 8.07. The van der Waals surface area contributed by atoms with Gasteiger partial charge in [0, 0.05) is 0 Å². The van der Waals surface area contributed by atoms with E-state index < -0.39 is 36.4 Å². The Morgan fingerprint density at radius 3 is 2.14 bits per heavy atom. The minimum absolute atomic E-state index is 0.0706. The maximum absolute atomic E-state index is 12.2. The molecular formula is C11H16N4O4S2. The molecule has 8 nitrogen and oxygen atoms in total. The molecule has 0 amide bonds. The lowest BCUT2D eigenvalue weighted by atomic mass is 10.1. The minimum Gasteiger partial charge on any atom is -0.229 e. The lowest BCUT2D eigenvalue weighted by Crippen LogP contribution is -2.25. The molecule has 0 aliphatic carbocycles. The first kappa shape index (κ1) is 17.5. The second-order valence-electron chi connectivity index (χ2n) is 4.31. The molecule has 0 aliphatic heterocycles. The van der Waals surface area contributed by atoms with Gasteiger partial charge in [0.15, 0.2) is 14.9 Å². The highest BCUT2D eigenvalue weighted by atomic mass is 32.2. The van der Waals surface area contributed by atoms with Crippen molar-refractivity contribution >= 4 is 19.9 Å². The van der Waals surface area contributed by atoms with Crippen LogP contribution in [0.1, 0.15) is 30.7 Å². The van der Waals surface area contributed by atoms with Gasteiger partial charge in [0.1, 0.15) is 6.07 Å². The first-order valence-electron chi connectivity index (χ1n) is 6.18. The zero-order valence-corrected chi connectivity index (χ0v) is 13.3. The van der Waals surface area contributed by atoms with Gasteiger partial charge in [-0.1, -0.05) is 13.8 Å². The smallest absolute Gasteiger partial charge is 0.210 e. The van der Waals surface area contributed by atoms with Gasteiger partial charge in [0.05, 0.1) is 22.8 Å². The van der Waals surface area contributed by atoms with E-state index in [0.29, 0.717) is 24.1 Å². The van der Waals surface area contributed by atoms with E-state index in [4.69, 9.17) is 5.14 Å². The zero-order valence-electron chi connectivity index (χ0n) is 11.7. The van der Waals surface area contributed by atoms with Crippen LogP contribution in [-0.2, 0) is 32.7 Å². The molecule has 0 saturated carbocycles. The molecule has 0 fully saturated rings. The number of nitrogens with two attached hydrogens (primary N) is 1. The van der Waals surface area contributed by atoms with Gasteiger partial charge in [-0.25, -0.2) is 22.0 Å². The molecule has 0 radical (unpaired) electrons. The number of aromatic nitrogens is 2. The van der Waals surface area contributed by atoms with E-state index in [1.54, 1.807) is 6.92 Å². The van der Waals surface area contributed by atoms with Crippen LogP contribution >= 0.6 is 0 Å². The van der Waals surface area contributed by atoms with Crippen molar-refractivity contribution in [3.8, 4) is 6.07 Å². The molecule has 0 spiro atoms. The van der Waals surface area contributed by atoms with E-state index in [0.717, 1.165) is 0 Å². The average molecular weight is 332 g/mol. The average Bonchev–Trinajstić information content (AvgIpc) is 2.42. The zero-order chi connectivity index (χ0) is 16.3. The fourth-order valence-electron chi connectivity index (χ4n) is 1.81. The van der Waals surface area contributed by atoms with Crippen LogP contribution in [0.25, 0.3) is 0 Å². The van der Waals surface area contributed by atoms with Crippen LogP contribution in [0.2, 0.25) is 0 Å². The summed E-state index contributed by atoms with van der Waals surface area (Å²) in [5.74, 6) is -1.47. The Morgan fingerprint density at radius 1 is 1.10 bits per heavy atom. The normalized spacial score (nSPS) is 12.1. The maximum Gasteiger partial charge on any atom is 0.210 e. The molecule has 1 aromatic heterocycles. The molecule has 0 aromatic carbocycles. The van der Waals surface area contributed by atoms with Crippen LogP contribution in [0.15, 0.2) is 5.03 Å². The third kappa shape index (κ3) is 4.20. The predicted molar refractivity (Wildman–Crippen MR) is 75.5 cm³/mol. The molecule has 21 heavy (non-hydrogen) atoms. The highest BCUT2D eigenvalue weighted by Gasteiger charge is 2.26. The number of nitriles is 1. The van der Waals surface area contributed by atoms with E-state index in [1.807, 2.05) is 13.0 Å². The molecule has 1 rings (SSSR count). The summed E-state index contributed by atoms with van der Waals surface area (Å²) in [5.41, 5.74) is 1.00. The van der Waals surface area contributed by atoms with E-state index in [2.05, 4.69) is 10.2 Å². The summed E-state index contributed by atoms with van der Waals surface area (Å²) >= 11 is 0. The van der Waals surface area contributed by atoms with Gasteiger partial charge in [-0.3, -0.25) is 0 Å². The molecule has 0 saturated heterocycles. The van der Waals surface area contributed by atoms with E-state index in [9.17, 15) is 22.1 Å². The van der Waals surface area contributed by atoms with Crippen molar-refractivity contribution in [1.29, 1.82) is 5.26 Å². The van der Waals surface area contributed by atoms with Gasteiger partial charge >= 0.3 is 0 Å². The molecule has 1 aromatic rings. The predicted octanol–water partition coefficient (Wildman–Crippen LogP) is -0.465. The highest BCUT2D eigenvalue weighted by Crippen LogP contribution is 2.20. The number of hydrogen-bond donors (Lipinski definition) is 1. The Hall–Kier alpha value is -1.57. The van der Waals surface area contributed by atoms with Crippen molar-refractivity contribution in [2.75, 3.05) is 11.5 Å². The molecule has 1 heterocycles. The number of hydrogen-bond acceptors (Lipinski definition) is 7. The Balaban J connectivity index is 3.40. The number of nitrogens with zero attached hydrogens (tertiary/aromatic N) is 3. The van der Waals surface area contributed by atoms with E-state index >= 15 is 0 Å². The summed E-state index contributed by atoms with van der Waals surface area (Å²) in [6.45, 7) is 3.59. The topological polar surface area (TPSA) is 144 Å². The third-order valence-corrected chi connectivity index (χ3v) is 5.51. The van der Waals surface area contributed by atoms with Gasteiger partial charge in [0.25, 0.3) is 0 Å². The van der Waals surface area contributed by atoms with Crippen LogP contribution in [0.3, 0.4) is 0 Å². The summed E-state index contributed by atoms with van der Waals surface area (Å²) in [6.07, 6.45) is 0.946. The summed E-state index contributed by atoms with van der Waals surface area (Å²) in [4.78, 5) is 0. The van der Waals surface area contributed by atoms with Crippen LogP contribution < -0.4 is 5.14 Å². The van der Waals surface area contributed by atoms with Crippen molar-refractivity contribution in [2.45, 2.75) is 31.7 Å². The van der Waals surface area contributed by atoms with Crippen molar-refractivity contribution in [1.82, 2.24) is 10.2 Å². The molecular weight excluding hydrogens is 316 g/mol. The lowest BCUT2D eigenvalue weighted by molar-refractivity contribution is 0.583. The number of sulfonamides is 1. The Bertz CT molecular complexity index is 779. The standard InChI is InChI=1S/C11H16N4O4S2/c1-3-8-9(7-12)11(15-14-10(8)4-2)20(16,17)5-6-21(13,18)19/h3-6H2,1-2H3,(H2,13,18,19). The van der Waals surface area contributed by atoms with E-state index in [-0.39, 0.29) is 5.56 Å². The maximum atomic E-state index is 12.2. The molecule has 0 unspecified atom stereocenters. The number of rotatable bonds is 6. The molecule has 0 atom stereocenters. The fourth-order valence-corrected chi connectivity index (χ4v) is 4.46. The Morgan fingerprint density at radius 2 is 1.71 bits per heavy atom. The Kier molecular flexibility index (Phi) is 5.38. The first-order chi connectivity index (χ1) is 9.66. The van der Waals surface area contributed by atoms with Crippen LogP contribution in [0.5, 0.6) is 0 Å². The van der Waals surface area contributed by atoms with Gasteiger partial charge in [-0.05, 0) is 18.4 Å². The van der Waals surface area contributed by atoms with Crippen LogP contribution in [-0.4, -0.2) is 38.5 Å². The van der Waals surface area contributed by atoms with Gasteiger partial charge in [-0.15, -0.1) is 5.10 Å².